The zero-order valence-corrected chi connectivity index (χ0v) is 13.9. The van der Waals surface area contributed by atoms with E-state index in [4.69, 9.17) is 4.74 Å². The fourth-order valence-corrected chi connectivity index (χ4v) is 3.40. The highest BCUT2D eigenvalue weighted by Crippen LogP contribution is 2.26. The van der Waals surface area contributed by atoms with Crippen LogP contribution in [0.2, 0.25) is 0 Å². The average Bonchev–Trinajstić information content (AvgIpc) is 2.62. The molecule has 1 aromatic heterocycles. The number of likely N-dealkylation sites (tertiary alicyclic amines) is 2. The topological polar surface area (TPSA) is 58.6 Å². The Bertz CT molecular complexity index is 495. The van der Waals surface area contributed by atoms with Gasteiger partial charge in [-0.2, -0.15) is 0 Å². The lowest BCUT2D eigenvalue weighted by Gasteiger charge is -2.33. The van der Waals surface area contributed by atoms with Gasteiger partial charge in [0.1, 0.15) is 12.9 Å². The van der Waals surface area contributed by atoms with Crippen molar-refractivity contribution in [1.29, 1.82) is 0 Å². The number of hydrogen-bond acceptors (Lipinski definition) is 5. The number of amides is 1. The predicted octanol–water partition coefficient (Wildman–Crippen LogP) is 1.29. The third-order valence-electron chi connectivity index (χ3n) is 4.98. The van der Waals surface area contributed by atoms with E-state index in [1.807, 2.05) is 11.0 Å². The maximum absolute atomic E-state index is 12.3. The molecule has 2 saturated heterocycles. The van der Waals surface area contributed by atoms with Crippen LogP contribution in [0.25, 0.3) is 0 Å². The molecule has 3 rings (SSSR count). The lowest BCUT2D eigenvalue weighted by Crippen LogP contribution is -2.41. The Morgan fingerprint density at radius 1 is 1.22 bits per heavy atom. The van der Waals surface area contributed by atoms with E-state index in [9.17, 15) is 4.79 Å². The Balaban J connectivity index is 1.40. The smallest absolute Gasteiger partial charge is 0.248 e. The molecule has 6 nitrogen and oxygen atoms in total. The van der Waals surface area contributed by atoms with Gasteiger partial charge in [-0.15, -0.1) is 0 Å². The molecule has 0 atom stereocenters. The van der Waals surface area contributed by atoms with Crippen molar-refractivity contribution in [1.82, 2.24) is 19.8 Å². The van der Waals surface area contributed by atoms with E-state index in [0.717, 1.165) is 57.6 Å². The van der Waals surface area contributed by atoms with Crippen molar-refractivity contribution in [3.63, 3.8) is 0 Å². The van der Waals surface area contributed by atoms with Gasteiger partial charge >= 0.3 is 0 Å². The summed E-state index contributed by atoms with van der Waals surface area (Å²) in [4.78, 5) is 24.8. The lowest BCUT2D eigenvalue weighted by atomic mass is 9.93. The molecular weight excluding hydrogens is 292 g/mol. The molecule has 1 amide bonds. The molecule has 0 aromatic carbocycles. The van der Waals surface area contributed by atoms with Crippen LogP contribution in [-0.2, 0) is 9.53 Å². The molecule has 6 heteroatoms. The number of ether oxygens (including phenoxy) is 1. The van der Waals surface area contributed by atoms with Crippen molar-refractivity contribution < 1.29 is 9.53 Å². The molecule has 0 radical (unpaired) electrons. The second-order valence-electron chi connectivity index (χ2n) is 6.60. The quantitative estimate of drug-likeness (QED) is 0.837. The van der Waals surface area contributed by atoms with Crippen LogP contribution in [-0.4, -0.2) is 71.6 Å². The van der Waals surface area contributed by atoms with Gasteiger partial charge in [0, 0.05) is 44.0 Å². The second-order valence-corrected chi connectivity index (χ2v) is 6.60. The van der Waals surface area contributed by atoms with Gasteiger partial charge in [-0.3, -0.25) is 4.79 Å². The van der Waals surface area contributed by atoms with Gasteiger partial charge in [-0.05, 0) is 38.8 Å². The van der Waals surface area contributed by atoms with Gasteiger partial charge in [0.05, 0.1) is 6.10 Å². The maximum Gasteiger partial charge on any atom is 0.248 e. The third kappa shape index (κ3) is 4.48. The van der Waals surface area contributed by atoms with Gasteiger partial charge < -0.3 is 14.5 Å². The highest BCUT2D eigenvalue weighted by molar-refractivity contribution is 5.77. The summed E-state index contributed by atoms with van der Waals surface area (Å²) < 4.78 is 5.82. The van der Waals surface area contributed by atoms with E-state index < -0.39 is 0 Å². The van der Waals surface area contributed by atoms with Crippen LogP contribution < -0.4 is 0 Å². The van der Waals surface area contributed by atoms with Gasteiger partial charge in [0.15, 0.2) is 0 Å². The first-order chi connectivity index (χ1) is 11.2. The summed E-state index contributed by atoms with van der Waals surface area (Å²) in [6.07, 6.45) is 7.62. The highest BCUT2D eigenvalue weighted by atomic mass is 16.5. The van der Waals surface area contributed by atoms with Crippen molar-refractivity contribution in [2.45, 2.75) is 37.7 Å². The molecule has 0 unspecified atom stereocenters. The second kappa shape index (κ2) is 7.84. The van der Waals surface area contributed by atoms with Crippen LogP contribution in [0.1, 0.15) is 37.3 Å². The molecule has 1 aromatic rings. The van der Waals surface area contributed by atoms with E-state index >= 15 is 0 Å². The summed E-state index contributed by atoms with van der Waals surface area (Å²) in [5.74, 6) is 0.571. The Labute approximate surface area is 137 Å². The SMILES string of the molecule is CN1CCC(OCC(=O)N2CCC(c3ccncn3)CC2)CC1. The minimum atomic E-state index is 0.130. The lowest BCUT2D eigenvalue weighted by molar-refractivity contribution is -0.140. The Kier molecular flexibility index (Phi) is 5.56. The van der Waals surface area contributed by atoms with Gasteiger partial charge in [0.25, 0.3) is 0 Å². The van der Waals surface area contributed by atoms with Crippen LogP contribution in [0.15, 0.2) is 18.6 Å². The molecule has 0 N–H and O–H groups in total. The minimum absolute atomic E-state index is 0.130. The molecule has 126 valence electrons. The van der Waals surface area contributed by atoms with Crippen molar-refractivity contribution in [3.8, 4) is 0 Å². The first-order valence-corrected chi connectivity index (χ1v) is 8.56. The predicted molar refractivity (Wildman–Crippen MR) is 87.1 cm³/mol. The molecule has 23 heavy (non-hydrogen) atoms. The average molecular weight is 318 g/mol. The number of aromatic nitrogens is 2. The van der Waals surface area contributed by atoms with Crippen molar-refractivity contribution in [2.24, 2.45) is 0 Å². The summed E-state index contributed by atoms with van der Waals surface area (Å²) >= 11 is 0. The summed E-state index contributed by atoms with van der Waals surface area (Å²) in [7, 11) is 2.13. The fraction of sp³-hybridized carbons (Fsp3) is 0.706. The number of carbonyl (C=O) groups is 1. The normalized spacial score (nSPS) is 21.5. The van der Waals surface area contributed by atoms with E-state index in [0.29, 0.717) is 5.92 Å². The fourth-order valence-electron chi connectivity index (χ4n) is 3.40. The highest BCUT2D eigenvalue weighted by Gasteiger charge is 2.25. The van der Waals surface area contributed by atoms with Crippen LogP contribution in [0, 0.1) is 0 Å². The van der Waals surface area contributed by atoms with Crippen molar-refractivity contribution in [3.05, 3.63) is 24.3 Å². The number of carbonyl (C=O) groups excluding carboxylic acids is 1. The summed E-state index contributed by atoms with van der Waals surface area (Å²) in [6.45, 7) is 3.94. The molecule has 2 aliphatic heterocycles. The molecule has 0 saturated carbocycles. The van der Waals surface area contributed by atoms with Gasteiger partial charge in [0.2, 0.25) is 5.91 Å². The number of nitrogens with zero attached hydrogens (tertiary/aromatic N) is 4. The Hall–Kier alpha value is -1.53. The molecule has 2 fully saturated rings. The van der Waals surface area contributed by atoms with Crippen LogP contribution >= 0.6 is 0 Å². The molecule has 3 heterocycles. The molecule has 0 spiro atoms. The summed E-state index contributed by atoms with van der Waals surface area (Å²) in [6, 6.07) is 1.98. The van der Waals surface area contributed by atoms with Gasteiger partial charge in [-0.25, -0.2) is 9.97 Å². The number of piperidine rings is 2. The summed E-state index contributed by atoms with van der Waals surface area (Å²) in [5, 5.41) is 0. The monoisotopic (exact) mass is 318 g/mol. The molecular formula is C17H26N4O2. The Morgan fingerprint density at radius 2 is 1.96 bits per heavy atom. The van der Waals surface area contributed by atoms with Crippen LogP contribution in [0.4, 0.5) is 0 Å². The van der Waals surface area contributed by atoms with E-state index in [1.165, 1.54) is 0 Å². The minimum Gasteiger partial charge on any atom is -0.368 e. The van der Waals surface area contributed by atoms with E-state index in [1.54, 1.807) is 12.5 Å². The first kappa shape index (κ1) is 16.3. The van der Waals surface area contributed by atoms with Gasteiger partial charge in [-0.1, -0.05) is 0 Å². The first-order valence-electron chi connectivity index (χ1n) is 8.56. The maximum atomic E-state index is 12.3. The zero-order chi connectivity index (χ0) is 16.1. The Morgan fingerprint density at radius 3 is 2.61 bits per heavy atom. The molecule has 2 aliphatic rings. The van der Waals surface area contributed by atoms with Crippen LogP contribution in [0.5, 0.6) is 0 Å². The summed E-state index contributed by atoms with van der Waals surface area (Å²) in [5.41, 5.74) is 1.09. The number of rotatable bonds is 4. The van der Waals surface area contributed by atoms with Crippen molar-refractivity contribution in [2.75, 3.05) is 39.8 Å². The van der Waals surface area contributed by atoms with Crippen molar-refractivity contribution >= 4 is 5.91 Å². The van der Waals surface area contributed by atoms with Crippen LogP contribution in [0.3, 0.4) is 0 Å². The third-order valence-corrected chi connectivity index (χ3v) is 4.98. The number of hydrogen-bond donors (Lipinski definition) is 0. The largest absolute Gasteiger partial charge is 0.368 e. The van der Waals surface area contributed by atoms with E-state index in [2.05, 4.69) is 21.9 Å². The standard InChI is InChI=1S/C17H26N4O2/c1-20-8-5-15(6-9-20)23-12-17(22)21-10-3-14(4-11-21)16-2-7-18-13-19-16/h2,7,13-15H,3-6,8-12H2,1H3. The zero-order valence-electron chi connectivity index (χ0n) is 13.9. The molecule has 0 aliphatic carbocycles. The van der Waals surface area contributed by atoms with E-state index in [-0.39, 0.29) is 18.6 Å². The molecule has 0 bridgehead atoms.